The average molecular weight is 413 g/mol. The number of carbonyl (C=O) groups excluding carboxylic acids is 2. The number of imidazole rings is 1. The second kappa shape index (κ2) is 8.02. The molecule has 7 nitrogen and oxygen atoms in total. The third-order valence-corrected chi connectivity index (χ3v) is 7.53. The van der Waals surface area contributed by atoms with E-state index in [4.69, 9.17) is 0 Å². The van der Waals surface area contributed by atoms with Crippen molar-refractivity contribution in [3.8, 4) is 0 Å². The van der Waals surface area contributed by atoms with E-state index in [2.05, 4.69) is 29.5 Å². The molecule has 3 N–H and O–H groups in total. The number of aliphatic hydroxyl groups excluding tert-OH is 1. The van der Waals surface area contributed by atoms with Crippen LogP contribution in [0.25, 0.3) is 5.65 Å². The van der Waals surface area contributed by atoms with E-state index in [0.717, 1.165) is 5.92 Å². The van der Waals surface area contributed by atoms with Crippen molar-refractivity contribution in [3.63, 3.8) is 0 Å². The van der Waals surface area contributed by atoms with Gasteiger partial charge in [0.05, 0.1) is 12.6 Å². The third-order valence-electron chi connectivity index (χ3n) is 7.53. The molecule has 2 aromatic rings. The van der Waals surface area contributed by atoms with Gasteiger partial charge in [-0.15, -0.1) is 0 Å². The van der Waals surface area contributed by atoms with Crippen LogP contribution in [0.2, 0.25) is 0 Å². The summed E-state index contributed by atoms with van der Waals surface area (Å²) in [6, 6.07) is 4.99. The van der Waals surface area contributed by atoms with Crippen molar-refractivity contribution in [2.75, 3.05) is 13.2 Å². The van der Waals surface area contributed by atoms with E-state index in [1.807, 2.05) is 6.92 Å². The quantitative estimate of drug-likeness (QED) is 0.651. The average Bonchev–Trinajstić information content (AvgIpc) is 3.20. The molecule has 2 amide bonds. The Hall–Kier alpha value is -2.41. The van der Waals surface area contributed by atoms with Crippen molar-refractivity contribution in [1.29, 1.82) is 0 Å². The molecule has 0 aliphatic heterocycles. The third kappa shape index (κ3) is 3.60. The smallest absolute Gasteiger partial charge is 0.271 e. The number of carbonyl (C=O) groups is 2. The number of aromatic nitrogens is 2. The predicted molar refractivity (Wildman–Crippen MR) is 114 cm³/mol. The lowest BCUT2D eigenvalue weighted by Crippen LogP contribution is -2.54. The fourth-order valence-corrected chi connectivity index (χ4v) is 5.36. The summed E-state index contributed by atoms with van der Waals surface area (Å²) in [5.74, 6) is 1.56. The van der Waals surface area contributed by atoms with E-state index in [0.29, 0.717) is 41.6 Å². The van der Waals surface area contributed by atoms with Gasteiger partial charge in [0.25, 0.3) is 11.8 Å². The van der Waals surface area contributed by atoms with Crippen LogP contribution < -0.4 is 10.6 Å². The van der Waals surface area contributed by atoms with Crippen LogP contribution in [0.1, 0.15) is 67.4 Å². The molecule has 3 aliphatic rings. The minimum atomic E-state index is -0.352. The summed E-state index contributed by atoms with van der Waals surface area (Å²) < 4.78 is 1.66. The van der Waals surface area contributed by atoms with Gasteiger partial charge in [-0.25, -0.2) is 4.98 Å². The molecular formula is C23H32N4O3. The molecule has 5 rings (SSSR count). The number of aliphatic hydroxyl groups is 1. The minimum absolute atomic E-state index is 0.122. The van der Waals surface area contributed by atoms with Crippen molar-refractivity contribution >= 4 is 17.5 Å². The Balaban J connectivity index is 1.46. The van der Waals surface area contributed by atoms with Gasteiger partial charge in [-0.3, -0.25) is 14.0 Å². The Morgan fingerprint density at radius 2 is 2.10 bits per heavy atom. The van der Waals surface area contributed by atoms with Crippen molar-refractivity contribution in [2.45, 2.75) is 52.5 Å². The summed E-state index contributed by atoms with van der Waals surface area (Å²) in [5, 5.41) is 15.2. The first kappa shape index (κ1) is 20.8. The number of pyridine rings is 1. The zero-order valence-electron chi connectivity index (χ0n) is 18.0. The van der Waals surface area contributed by atoms with Gasteiger partial charge in [0.2, 0.25) is 0 Å². The van der Waals surface area contributed by atoms with Gasteiger partial charge in [0.15, 0.2) is 0 Å². The largest absolute Gasteiger partial charge is 0.394 e. The van der Waals surface area contributed by atoms with E-state index in [1.54, 1.807) is 28.8 Å². The number of fused-ring (bicyclic) bond motifs is 3. The maximum Gasteiger partial charge on any atom is 0.271 e. The first-order valence-electron chi connectivity index (χ1n) is 11.0. The van der Waals surface area contributed by atoms with Gasteiger partial charge in [0, 0.05) is 12.7 Å². The highest BCUT2D eigenvalue weighted by Gasteiger charge is 2.53. The lowest BCUT2D eigenvalue weighted by Gasteiger charge is -2.60. The van der Waals surface area contributed by atoms with Crippen molar-refractivity contribution < 1.29 is 14.7 Å². The Bertz CT molecular complexity index is 945. The summed E-state index contributed by atoms with van der Waals surface area (Å²) in [6.45, 7) is 7.18. The van der Waals surface area contributed by atoms with Crippen LogP contribution in [-0.4, -0.2) is 45.5 Å². The number of amides is 2. The molecule has 7 heteroatoms. The van der Waals surface area contributed by atoms with E-state index in [1.165, 1.54) is 19.3 Å². The molecule has 30 heavy (non-hydrogen) atoms. The molecule has 2 bridgehead atoms. The SMILES string of the molecule is CCC(CO)NC(=O)c1cn2c(C(=O)NC[C@@H]3CC[C@H]4C[C@@H]3C4(C)C)cccc2n1. The molecule has 3 saturated carbocycles. The fourth-order valence-electron chi connectivity index (χ4n) is 5.36. The summed E-state index contributed by atoms with van der Waals surface area (Å²) in [6.07, 6.45) is 5.94. The lowest BCUT2D eigenvalue weighted by atomic mass is 9.45. The van der Waals surface area contributed by atoms with Gasteiger partial charge in [-0.2, -0.15) is 0 Å². The Morgan fingerprint density at radius 1 is 1.30 bits per heavy atom. The highest BCUT2D eigenvalue weighted by atomic mass is 16.3. The fraction of sp³-hybridized carbons (Fsp3) is 0.609. The lowest BCUT2D eigenvalue weighted by molar-refractivity contribution is -0.103. The van der Waals surface area contributed by atoms with Crippen LogP contribution in [-0.2, 0) is 0 Å². The topological polar surface area (TPSA) is 95.7 Å². The van der Waals surface area contributed by atoms with Crippen LogP contribution in [0.3, 0.4) is 0 Å². The maximum absolute atomic E-state index is 12.9. The van der Waals surface area contributed by atoms with Gasteiger partial charge in [-0.1, -0.05) is 26.8 Å². The van der Waals surface area contributed by atoms with Gasteiger partial charge < -0.3 is 15.7 Å². The van der Waals surface area contributed by atoms with Crippen LogP contribution in [0.15, 0.2) is 24.4 Å². The van der Waals surface area contributed by atoms with E-state index < -0.39 is 0 Å². The predicted octanol–water partition coefficient (Wildman–Crippen LogP) is 2.64. The van der Waals surface area contributed by atoms with Crippen LogP contribution in [0.4, 0.5) is 0 Å². The van der Waals surface area contributed by atoms with E-state index in [9.17, 15) is 14.7 Å². The number of hydrogen-bond donors (Lipinski definition) is 3. The molecule has 4 atom stereocenters. The van der Waals surface area contributed by atoms with Gasteiger partial charge in [0.1, 0.15) is 17.0 Å². The molecule has 162 valence electrons. The second-order valence-corrected chi connectivity index (χ2v) is 9.43. The van der Waals surface area contributed by atoms with Crippen molar-refractivity contribution in [2.24, 2.45) is 23.2 Å². The first-order chi connectivity index (χ1) is 14.3. The van der Waals surface area contributed by atoms with Crippen LogP contribution >= 0.6 is 0 Å². The summed E-state index contributed by atoms with van der Waals surface area (Å²) >= 11 is 0. The Labute approximate surface area is 177 Å². The van der Waals surface area contributed by atoms with E-state index in [-0.39, 0.29) is 30.2 Å². The molecule has 0 spiro atoms. The zero-order valence-corrected chi connectivity index (χ0v) is 18.0. The van der Waals surface area contributed by atoms with Gasteiger partial charge >= 0.3 is 0 Å². The maximum atomic E-state index is 12.9. The Morgan fingerprint density at radius 3 is 2.77 bits per heavy atom. The standard InChI is InChI=1S/C23H32N4O3/c1-4-16(13-28)25-21(29)18-12-27-19(6-5-7-20(27)26-18)22(30)24-11-14-8-9-15-10-17(14)23(15,2)3/h5-7,12,14-17,28H,4,8-11,13H2,1-3H3,(H,24,30)(H,25,29)/t14-,15-,16?,17-/m0/s1. The van der Waals surface area contributed by atoms with Gasteiger partial charge in [-0.05, 0) is 61.0 Å². The molecule has 0 saturated heterocycles. The molecule has 2 heterocycles. The molecule has 1 unspecified atom stereocenters. The number of rotatable bonds is 7. The molecule has 0 radical (unpaired) electrons. The minimum Gasteiger partial charge on any atom is -0.394 e. The zero-order chi connectivity index (χ0) is 21.5. The molecular weight excluding hydrogens is 380 g/mol. The second-order valence-electron chi connectivity index (χ2n) is 9.43. The molecule has 0 aromatic carbocycles. The van der Waals surface area contributed by atoms with Crippen molar-refractivity contribution in [3.05, 3.63) is 35.8 Å². The monoisotopic (exact) mass is 412 g/mol. The number of nitrogens with one attached hydrogen (secondary N) is 2. The summed E-state index contributed by atoms with van der Waals surface area (Å²) in [7, 11) is 0. The Kier molecular flexibility index (Phi) is 5.57. The van der Waals surface area contributed by atoms with Crippen molar-refractivity contribution in [1.82, 2.24) is 20.0 Å². The number of nitrogens with zero attached hydrogens (tertiary/aromatic N) is 2. The highest BCUT2D eigenvalue weighted by Crippen LogP contribution is 2.61. The van der Waals surface area contributed by atoms with Crippen LogP contribution in [0, 0.1) is 23.2 Å². The summed E-state index contributed by atoms with van der Waals surface area (Å²) in [5.41, 5.74) is 1.64. The van der Waals surface area contributed by atoms with E-state index >= 15 is 0 Å². The summed E-state index contributed by atoms with van der Waals surface area (Å²) in [4.78, 5) is 29.8. The van der Waals surface area contributed by atoms with Crippen LogP contribution in [0.5, 0.6) is 0 Å². The molecule has 2 aromatic heterocycles. The molecule has 3 fully saturated rings. The first-order valence-corrected chi connectivity index (χ1v) is 11.0. The number of hydrogen-bond acceptors (Lipinski definition) is 4. The highest BCUT2D eigenvalue weighted by molar-refractivity contribution is 5.95. The molecule has 3 aliphatic carbocycles. The normalized spacial score (nSPS) is 25.4.